The zero-order chi connectivity index (χ0) is 34.8. The number of hydrogen-bond donors (Lipinski definition) is 2. The summed E-state index contributed by atoms with van der Waals surface area (Å²) in [4.78, 5) is 54.7. The number of hydrogen-bond acceptors (Lipinski definition) is 9. The van der Waals surface area contributed by atoms with Gasteiger partial charge in [0.2, 0.25) is 5.91 Å². The van der Waals surface area contributed by atoms with E-state index in [1.165, 1.54) is 4.57 Å². The molecule has 0 spiro atoms. The molecule has 5 aromatic rings. The Hall–Kier alpha value is -5.56. The minimum atomic E-state index is -0.169. The molecule has 0 radical (unpaired) electrons. The van der Waals surface area contributed by atoms with Crippen LogP contribution < -0.4 is 21.1 Å². The van der Waals surface area contributed by atoms with E-state index in [0.29, 0.717) is 41.2 Å². The molecule has 13 heteroatoms. The number of fused-ring (bicyclic) bond motifs is 4. The molecule has 2 saturated heterocycles. The first-order valence-corrected chi connectivity index (χ1v) is 17.8. The molecule has 260 valence electrons. The number of para-hydroxylation sites is 1. The Kier molecular flexibility index (Phi) is 7.60. The monoisotopic (exact) mass is 684 g/mol. The van der Waals surface area contributed by atoms with Crippen LogP contribution in [0.15, 0.2) is 65.7 Å². The molecule has 0 bridgehead atoms. The third kappa shape index (κ3) is 5.71. The normalized spacial score (nSPS) is 17.3. The summed E-state index contributed by atoms with van der Waals surface area (Å²) < 4.78 is 3.71. The van der Waals surface area contributed by atoms with Crippen molar-refractivity contribution in [3.8, 4) is 11.1 Å². The summed E-state index contributed by atoms with van der Waals surface area (Å²) in [6, 6.07) is 15.7. The number of nitrogens with one attached hydrogen (secondary N) is 2. The third-order valence-electron chi connectivity index (χ3n) is 10.6. The van der Waals surface area contributed by atoms with Crippen molar-refractivity contribution in [1.29, 1.82) is 0 Å². The maximum atomic E-state index is 13.4. The van der Waals surface area contributed by atoms with Gasteiger partial charge in [-0.25, -0.2) is 9.97 Å². The fourth-order valence-electron chi connectivity index (χ4n) is 7.70. The largest absolute Gasteiger partial charge is 0.366 e. The Bertz CT molecular complexity index is 2260. The average Bonchev–Trinajstić information content (AvgIpc) is 3.66. The number of carbonyl (C=O) groups excluding carboxylic acids is 2. The predicted molar refractivity (Wildman–Crippen MR) is 195 cm³/mol. The SMILES string of the molecule is CN1Cc2c(cnn2C2CN(Cc3cccc(C(=O)N4CCCC4)n3)C2)-c2cccc(Nc3cc(NC(=O)C4CC4)nc4ccn(C)c(=O)c34)c21. The second-order valence-corrected chi connectivity index (χ2v) is 14.3. The standard InChI is InChI=1S/C38H40N10O3/c1-44-16-13-28-34(38(44)51)31(17-33(42-28)43-36(49)23-11-12-23)41-29-9-6-8-26-27-18-39-48(32(27)22-45(2)35(26)29)25-20-46(21-25)19-24-7-5-10-30(40-24)37(50)47-14-3-4-15-47/h5-10,13,16-18,23,25H,3-4,11-12,14-15,19-22H2,1-2H3,(H2,41,42,43,49). The molecule has 13 nitrogen and oxygen atoms in total. The second-order valence-electron chi connectivity index (χ2n) is 14.3. The second kappa shape index (κ2) is 12.3. The van der Waals surface area contributed by atoms with Gasteiger partial charge in [0.1, 0.15) is 11.5 Å². The van der Waals surface area contributed by atoms with Crippen LogP contribution in [0.1, 0.15) is 53.6 Å². The number of carbonyl (C=O) groups is 2. The lowest BCUT2D eigenvalue weighted by Crippen LogP contribution is -2.48. The van der Waals surface area contributed by atoms with Gasteiger partial charge in [-0.15, -0.1) is 0 Å². The molecule has 9 rings (SSSR count). The summed E-state index contributed by atoms with van der Waals surface area (Å²) in [5.74, 6) is 0.441. The molecule has 51 heavy (non-hydrogen) atoms. The van der Waals surface area contributed by atoms with E-state index >= 15 is 0 Å². The van der Waals surface area contributed by atoms with E-state index in [9.17, 15) is 14.4 Å². The lowest BCUT2D eigenvalue weighted by Gasteiger charge is -2.40. The van der Waals surface area contributed by atoms with Crippen LogP contribution in [0.5, 0.6) is 0 Å². The number of benzene rings is 1. The van der Waals surface area contributed by atoms with Gasteiger partial charge in [-0.1, -0.05) is 18.2 Å². The number of rotatable bonds is 8. The van der Waals surface area contributed by atoms with Crippen LogP contribution in [0.25, 0.3) is 22.0 Å². The Morgan fingerprint density at radius 1 is 0.941 bits per heavy atom. The fraction of sp³-hybridized carbons (Fsp3) is 0.368. The molecule has 0 atom stereocenters. The molecule has 2 amide bonds. The molecule has 1 aliphatic carbocycles. The molecule has 4 aliphatic rings. The lowest BCUT2D eigenvalue weighted by atomic mass is 9.97. The first kappa shape index (κ1) is 31.4. The molecule has 7 heterocycles. The van der Waals surface area contributed by atoms with Gasteiger partial charge >= 0.3 is 0 Å². The minimum absolute atomic E-state index is 0.0287. The molecule has 2 N–H and O–H groups in total. The highest BCUT2D eigenvalue weighted by atomic mass is 16.2. The van der Waals surface area contributed by atoms with E-state index in [4.69, 9.17) is 10.1 Å². The Morgan fingerprint density at radius 3 is 2.55 bits per heavy atom. The van der Waals surface area contributed by atoms with Crippen molar-refractivity contribution in [3.63, 3.8) is 0 Å². The van der Waals surface area contributed by atoms with E-state index in [-0.39, 0.29) is 29.3 Å². The highest BCUT2D eigenvalue weighted by Crippen LogP contribution is 2.45. The van der Waals surface area contributed by atoms with Gasteiger partial charge in [0.15, 0.2) is 0 Å². The summed E-state index contributed by atoms with van der Waals surface area (Å²) in [7, 11) is 3.80. The van der Waals surface area contributed by atoms with Crippen LogP contribution in [0.4, 0.5) is 22.9 Å². The van der Waals surface area contributed by atoms with Crippen molar-refractivity contribution in [1.82, 2.24) is 34.1 Å². The highest BCUT2D eigenvalue weighted by Gasteiger charge is 2.35. The zero-order valence-electron chi connectivity index (χ0n) is 28.8. The molecule has 1 saturated carbocycles. The maximum absolute atomic E-state index is 13.4. The van der Waals surface area contributed by atoms with Gasteiger partial charge in [0, 0.05) is 76.1 Å². The van der Waals surface area contributed by atoms with Gasteiger partial charge in [0.25, 0.3) is 11.5 Å². The summed E-state index contributed by atoms with van der Waals surface area (Å²) in [5.41, 5.74) is 7.55. The number of nitrogens with zero attached hydrogens (tertiary/aromatic N) is 8. The quantitative estimate of drug-likeness (QED) is 0.242. The van der Waals surface area contributed by atoms with Crippen LogP contribution in [-0.2, 0) is 24.9 Å². The van der Waals surface area contributed by atoms with Gasteiger partial charge in [-0.05, 0) is 49.9 Å². The van der Waals surface area contributed by atoms with Crippen molar-refractivity contribution in [2.75, 3.05) is 48.8 Å². The van der Waals surface area contributed by atoms with E-state index in [0.717, 1.165) is 85.8 Å². The summed E-state index contributed by atoms with van der Waals surface area (Å²) in [6.07, 6.45) is 7.56. The van der Waals surface area contributed by atoms with Gasteiger partial charge in [-0.2, -0.15) is 5.10 Å². The molecule has 3 aliphatic heterocycles. The molecular weight excluding hydrogens is 644 g/mol. The Balaban J connectivity index is 0.955. The first-order chi connectivity index (χ1) is 24.8. The summed E-state index contributed by atoms with van der Waals surface area (Å²) in [6.45, 7) is 4.69. The van der Waals surface area contributed by atoms with Crippen LogP contribution in [0.3, 0.4) is 0 Å². The average molecular weight is 685 g/mol. The number of pyridine rings is 3. The van der Waals surface area contributed by atoms with E-state index < -0.39 is 0 Å². The van der Waals surface area contributed by atoms with Crippen molar-refractivity contribution >= 4 is 45.6 Å². The molecular formula is C38H40N10O3. The van der Waals surface area contributed by atoms with E-state index in [1.54, 1.807) is 25.4 Å². The number of aryl methyl sites for hydroxylation is 1. The topological polar surface area (TPSA) is 134 Å². The zero-order valence-corrected chi connectivity index (χ0v) is 28.8. The smallest absolute Gasteiger partial charge is 0.272 e. The van der Waals surface area contributed by atoms with Crippen molar-refractivity contribution in [2.45, 2.75) is 44.8 Å². The third-order valence-corrected chi connectivity index (χ3v) is 10.6. The lowest BCUT2D eigenvalue weighted by molar-refractivity contribution is -0.117. The van der Waals surface area contributed by atoms with Crippen LogP contribution in [0, 0.1) is 5.92 Å². The van der Waals surface area contributed by atoms with Crippen LogP contribution in [-0.4, -0.2) is 79.2 Å². The van der Waals surface area contributed by atoms with Crippen molar-refractivity contribution < 1.29 is 9.59 Å². The summed E-state index contributed by atoms with van der Waals surface area (Å²) >= 11 is 0. The molecule has 4 aromatic heterocycles. The number of amides is 2. The first-order valence-electron chi connectivity index (χ1n) is 17.8. The molecule has 0 unspecified atom stereocenters. The Labute approximate surface area is 294 Å². The van der Waals surface area contributed by atoms with Crippen molar-refractivity contribution in [3.05, 3.63) is 88.4 Å². The van der Waals surface area contributed by atoms with E-state index in [1.807, 2.05) is 41.4 Å². The predicted octanol–water partition coefficient (Wildman–Crippen LogP) is 4.53. The van der Waals surface area contributed by atoms with Crippen LogP contribution in [0.2, 0.25) is 0 Å². The Morgan fingerprint density at radius 2 is 1.75 bits per heavy atom. The number of aromatic nitrogens is 5. The molecule has 3 fully saturated rings. The van der Waals surface area contributed by atoms with Crippen molar-refractivity contribution in [2.24, 2.45) is 13.0 Å². The maximum Gasteiger partial charge on any atom is 0.272 e. The van der Waals surface area contributed by atoms with Gasteiger partial charge in [-0.3, -0.25) is 24.0 Å². The van der Waals surface area contributed by atoms with Crippen LogP contribution >= 0.6 is 0 Å². The fourth-order valence-corrected chi connectivity index (χ4v) is 7.70. The van der Waals surface area contributed by atoms with Gasteiger partial charge in [0.05, 0.1) is 58.1 Å². The molecule has 1 aromatic carbocycles. The van der Waals surface area contributed by atoms with Gasteiger partial charge < -0.3 is 25.0 Å². The van der Waals surface area contributed by atoms with E-state index in [2.05, 4.69) is 43.2 Å². The number of anilines is 4. The highest BCUT2D eigenvalue weighted by molar-refractivity contribution is 6.00. The number of likely N-dealkylation sites (tertiary alicyclic amines) is 2. The minimum Gasteiger partial charge on any atom is -0.366 e. The summed E-state index contributed by atoms with van der Waals surface area (Å²) in [5, 5.41) is 11.9.